The standard InChI is InChI=1S/C24H27N5O5S/c1-13-3-4-16(34-11-13)5-6-18(30)15-8-28(9-15)19-7-14(2)20-21(31)17(23(32)33)10-29(22(20)27-19)24-25-12-26-35-24/h7,10,12-13,15-16H,3-6,8-9,11H2,1-2H3,(H,32,33). The van der Waals surface area contributed by atoms with Crippen LogP contribution in [0.4, 0.5) is 5.82 Å². The van der Waals surface area contributed by atoms with E-state index >= 15 is 0 Å². The fourth-order valence-corrected chi connectivity index (χ4v) is 5.26. The van der Waals surface area contributed by atoms with Gasteiger partial charge in [-0.2, -0.15) is 4.37 Å². The van der Waals surface area contributed by atoms with Crippen molar-refractivity contribution in [1.29, 1.82) is 0 Å². The van der Waals surface area contributed by atoms with Crippen molar-refractivity contribution < 1.29 is 19.4 Å². The first-order valence-corrected chi connectivity index (χ1v) is 12.6. The molecule has 5 rings (SSSR count). The van der Waals surface area contributed by atoms with E-state index in [2.05, 4.69) is 16.3 Å². The lowest BCUT2D eigenvalue weighted by atomic mass is 9.90. The van der Waals surface area contributed by atoms with Crippen LogP contribution in [0.1, 0.15) is 48.5 Å². The van der Waals surface area contributed by atoms with E-state index in [0.717, 1.165) is 37.4 Å². The van der Waals surface area contributed by atoms with Gasteiger partial charge >= 0.3 is 5.97 Å². The number of aryl methyl sites for hydroxylation is 1. The van der Waals surface area contributed by atoms with Gasteiger partial charge in [0.2, 0.25) is 10.6 Å². The molecule has 2 saturated heterocycles. The molecule has 5 heterocycles. The van der Waals surface area contributed by atoms with Gasteiger partial charge in [0.25, 0.3) is 0 Å². The van der Waals surface area contributed by atoms with Crippen LogP contribution in [0.2, 0.25) is 0 Å². The Hall–Kier alpha value is -3.18. The summed E-state index contributed by atoms with van der Waals surface area (Å²) in [4.78, 5) is 48.2. The molecule has 184 valence electrons. The summed E-state index contributed by atoms with van der Waals surface area (Å²) in [5.74, 6) is 0.132. The van der Waals surface area contributed by atoms with Gasteiger partial charge in [0.05, 0.1) is 17.4 Å². The second-order valence-electron chi connectivity index (χ2n) is 9.51. The van der Waals surface area contributed by atoms with Crippen LogP contribution in [-0.4, -0.2) is 61.6 Å². The number of Topliss-reactive ketones (excluding diaryl/α,β-unsaturated/α-hetero) is 1. The summed E-state index contributed by atoms with van der Waals surface area (Å²) in [7, 11) is 0. The van der Waals surface area contributed by atoms with Gasteiger partial charge in [0.1, 0.15) is 23.5 Å². The van der Waals surface area contributed by atoms with Crippen LogP contribution >= 0.6 is 11.5 Å². The number of carbonyl (C=O) groups excluding carboxylic acids is 1. The summed E-state index contributed by atoms with van der Waals surface area (Å²) in [5, 5.41) is 10.2. The predicted octanol–water partition coefficient (Wildman–Crippen LogP) is 2.84. The summed E-state index contributed by atoms with van der Waals surface area (Å²) >= 11 is 1.08. The van der Waals surface area contributed by atoms with Crippen molar-refractivity contribution in [1.82, 2.24) is 18.9 Å². The summed E-state index contributed by atoms with van der Waals surface area (Å²) in [5.41, 5.74) is 0.0113. The Morgan fingerprint density at radius 2 is 2.09 bits per heavy atom. The van der Waals surface area contributed by atoms with Crippen molar-refractivity contribution in [2.24, 2.45) is 11.8 Å². The maximum absolute atomic E-state index is 12.9. The molecule has 0 aliphatic carbocycles. The quantitative estimate of drug-likeness (QED) is 0.524. The van der Waals surface area contributed by atoms with Crippen molar-refractivity contribution in [2.75, 3.05) is 24.6 Å². The number of carboxylic acid groups (broad SMARTS) is 1. The van der Waals surface area contributed by atoms with E-state index in [4.69, 9.17) is 9.72 Å². The van der Waals surface area contributed by atoms with E-state index in [9.17, 15) is 19.5 Å². The van der Waals surface area contributed by atoms with Crippen LogP contribution in [0.5, 0.6) is 0 Å². The van der Waals surface area contributed by atoms with Gasteiger partial charge in [-0.15, -0.1) is 0 Å². The van der Waals surface area contributed by atoms with Crippen LogP contribution in [-0.2, 0) is 9.53 Å². The normalized spacial score (nSPS) is 20.7. The maximum atomic E-state index is 12.9. The van der Waals surface area contributed by atoms with Gasteiger partial charge in [-0.3, -0.25) is 14.2 Å². The Morgan fingerprint density at radius 3 is 2.74 bits per heavy atom. The van der Waals surface area contributed by atoms with E-state index < -0.39 is 11.4 Å². The second kappa shape index (κ2) is 9.46. The summed E-state index contributed by atoms with van der Waals surface area (Å²) < 4.78 is 11.3. The summed E-state index contributed by atoms with van der Waals surface area (Å²) in [6.07, 6.45) is 6.27. The first-order chi connectivity index (χ1) is 16.8. The smallest absolute Gasteiger partial charge is 0.341 e. The maximum Gasteiger partial charge on any atom is 0.341 e. The minimum Gasteiger partial charge on any atom is -0.477 e. The molecule has 35 heavy (non-hydrogen) atoms. The highest BCUT2D eigenvalue weighted by Crippen LogP contribution is 2.30. The number of rotatable bonds is 7. The number of aromatic carboxylic acids is 1. The molecule has 2 aliphatic heterocycles. The van der Waals surface area contributed by atoms with E-state index in [1.54, 1.807) is 13.0 Å². The molecule has 2 atom stereocenters. The first kappa shape index (κ1) is 23.6. The van der Waals surface area contributed by atoms with Gasteiger partial charge in [-0.1, -0.05) is 6.92 Å². The van der Waals surface area contributed by atoms with Crippen LogP contribution in [0.15, 0.2) is 23.4 Å². The number of ketones is 1. The fraction of sp³-hybridized carbons (Fsp3) is 0.500. The highest BCUT2D eigenvalue weighted by atomic mass is 32.1. The molecule has 2 fully saturated rings. The van der Waals surface area contributed by atoms with Crippen LogP contribution in [0, 0.1) is 18.8 Å². The van der Waals surface area contributed by atoms with E-state index in [0.29, 0.717) is 47.6 Å². The molecule has 0 saturated carbocycles. The van der Waals surface area contributed by atoms with E-state index in [-0.39, 0.29) is 28.8 Å². The number of fused-ring (bicyclic) bond motifs is 1. The highest BCUT2D eigenvalue weighted by molar-refractivity contribution is 7.08. The number of nitrogens with zero attached hydrogens (tertiary/aromatic N) is 5. The molecule has 2 aliphatic rings. The monoisotopic (exact) mass is 497 g/mol. The minimum absolute atomic E-state index is 0.0462. The van der Waals surface area contributed by atoms with Crippen molar-refractivity contribution >= 4 is 40.1 Å². The molecule has 0 bridgehead atoms. The molecule has 10 nitrogen and oxygen atoms in total. The zero-order valence-corrected chi connectivity index (χ0v) is 20.5. The van der Waals surface area contributed by atoms with E-state index in [1.165, 1.54) is 17.1 Å². The number of ether oxygens (including phenoxy) is 1. The van der Waals surface area contributed by atoms with Crippen LogP contribution < -0.4 is 10.3 Å². The predicted molar refractivity (Wildman–Crippen MR) is 131 cm³/mol. The number of anilines is 1. The second-order valence-corrected chi connectivity index (χ2v) is 10.3. The number of carbonyl (C=O) groups is 2. The lowest BCUT2D eigenvalue weighted by molar-refractivity contribution is -0.124. The van der Waals surface area contributed by atoms with E-state index in [1.807, 2.05) is 4.90 Å². The SMILES string of the molecule is Cc1cc(N2CC(C(=O)CCC3CCC(C)CO3)C2)nc2c1c(=O)c(C(=O)O)cn2-c1ncns1. The van der Waals surface area contributed by atoms with Gasteiger partial charge in [-0.25, -0.2) is 14.8 Å². The largest absolute Gasteiger partial charge is 0.477 e. The minimum atomic E-state index is -1.31. The molecule has 0 radical (unpaired) electrons. The topological polar surface area (TPSA) is 128 Å². The highest BCUT2D eigenvalue weighted by Gasteiger charge is 2.34. The van der Waals surface area contributed by atoms with Gasteiger partial charge in [0, 0.05) is 43.8 Å². The van der Waals surface area contributed by atoms with Crippen molar-refractivity contribution in [2.45, 2.75) is 45.6 Å². The zero-order chi connectivity index (χ0) is 24.7. The zero-order valence-electron chi connectivity index (χ0n) is 19.6. The van der Waals surface area contributed by atoms with Crippen molar-refractivity contribution in [3.8, 4) is 5.13 Å². The van der Waals surface area contributed by atoms with Crippen molar-refractivity contribution in [3.05, 3.63) is 39.9 Å². The number of hydrogen-bond donors (Lipinski definition) is 1. The molecule has 0 spiro atoms. The third-order valence-corrected chi connectivity index (χ3v) is 7.56. The first-order valence-electron chi connectivity index (χ1n) is 11.8. The number of pyridine rings is 2. The molecule has 3 aromatic heterocycles. The summed E-state index contributed by atoms with van der Waals surface area (Å²) in [6, 6.07) is 1.78. The molecule has 0 amide bonds. The molecule has 2 unspecified atom stereocenters. The Labute approximate surface area is 205 Å². The molecular formula is C24H27N5O5S. The summed E-state index contributed by atoms with van der Waals surface area (Å²) in [6.45, 7) is 5.86. The molecule has 0 aromatic carbocycles. The van der Waals surface area contributed by atoms with Gasteiger partial charge in [-0.05, 0) is 43.7 Å². The molecule has 1 N–H and O–H groups in total. The van der Waals surface area contributed by atoms with Crippen LogP contribution in [0.25, 0.3) is 16.2 Å². The van der Waals surface area contributed by atoms with Gasteiger partial charge < -0.3 is 14.7 Å². The molecule has 3 aromatic rings. The number of carboxylic acids is 1. The molecule has 11 heteroatoms. The number of aromatic nitrogens is 4. The third-order valence-electron chi connectivity index (χ3n) is 6.90. The number of hydrogen-bond acceptors (Lipinski definition) is 9. The van der Waals surface area contributed by atoms with Crippen molar-refractivity contribution in [3.63, 3.8) is 0 Å². The Kier molecular flexibility index (Phi) is 6.37. The lowest BCUT2D eigenvalue weighted by Crippen LogP contribution is -2.51. The Morgan fingerprint density at radius 1 is 1.29 bits per heavy atom. The lowest BCUT2D eigenvalue weighted by Gasteiger charge is -2.39. The average Bonchev–Trinajstić information content (AvgIpc) is 3.32. The third kappa shape index (κ3) is 4.57. The van der Waals surface area contributed by atoms with Gasteiger partial charge in [0.15, 0.2) is 5.65 Å². The molecular weight excluding hydrogens is 470 g/mol. The Bertz CT molecular complexity index is 1320. The average molecular weight is 498 g/mol. The van der Waals surface area contributed by atoms with Crippen LogP contribution in [0.3, 0.4) is 0 Å². The fourth-order valence-electron chi connectivity index (χ4n) is 4.75. The Balaban J connectivity index is 1.35.